The molecule has 0 spiro atoms. The minimum atomic E-state index is -0.106. The Balaban J connectivity index is 1.58. The third-order valence-corrected chi connectivity index (χ3v) is 6.51. The zero-order valence-corrected chi connectivity index (χ0v) is 17.8. The van der Waals surface area contributed by atoms with Gasteiger partial charge in [0.2, 0.25) is 5.91 Å². The molecule has 5 nitrogen and oxygen atoms in total. The number of fused-ring (bicyclic) bond motifs is 1. The number of rotatable bonds is 6. The van der Waals surface area contributed by atoms with Crippen LogP contribution >= 0.6 is 0 Å². The van der Waals surface area contributed by atoms with E-state index >= 15 is 0 Å². The number of nitrogens with zero attached hydrogens (tertiary/aromatic N) is 3. The fraction of sp³-hybridized carbons (Fsp3) is 0.500. The second kappa shape index (κ2) is 8.05. The number of benzene rings is 1. The number of aryl methyl sites for hydroxylation is 1. The van der Waals surface area contributed by atoms with Crippen molar-refractivity contribution in [3.05, 3.63) is 54.6 Å². The molecule has 0 saturated heterocycles. The van der Waals surface area contributed by atoms with E-state index in [1.54, 1.807) is 0 Å². The number of nitrogens with one attached hydrogen (secondary N) is 1. The Bertz CT molecular complexity index is 964. The lowest BCUT2D eigenvalue weighted by Gasteiger charge is -2.39. The maximum atomic E-state index is 13.3. The van der Waals surface area contributed by atoms with Crippen molar-refractivity contribution in [3.63, 3.8) is 0 Å². The highest BCUT2D eigenvalue weighted by Gasteiger charge is 2.36. The molecule has 0 radical (unpaired) electrons. The first-order valence-electron chi connectivity index (χ1n) is 10.8. The van der Waals surface area contributed by atoms with Crippen molar-refractivity contribution in [2.45, 2.75) is 64.0 Å². The van der Waals surface area contributed by atoms with E-state index in [4.69, 9.17) is 4.98 Å². The van der Waals surface area contributed by atoms with Gasteiger partial charge >= 0.3 is 0 Å². The fourth-order valence-electron chi connectivity index (χ4n) is 4.88. The molecule has 0 bridgehead atoms. The van der Waals surface area contributed by atoms with Gasteiger partial charge in [-0.15, -0.1) is 0 Å². The molecule has 2 aromatic heterocycles. The standard InChI is InChI=1S/C24H32N4O/c1-18(2)22(23-25-19-11-5-6-12-20(19)27(23)3)26-21(29)17-24(13-7-4-8-14-24)28-15-9-10-16-28/h5-6,9-12,15-16,18,22H,4,7-8,13-14,17H2,1-3H3,(H,26,29)/t22-/m1/s1. The van der Waals surface area contributed by atoms with Crippen LogP contribution in [-0.2, 0) is 17.4 Å². The average molecular weight is 393 g/mol. The number of carbonyl (C=O) groups excluding carboxylic acids is 1. The summed E-state index contributed by atoms with van der Waals surface area (Å²) < 4.78 is 4.38. The summed E-state index contributed by atoms with van der Waals surface area (Å²) in [6, 6.07) is 12.2. The summed E-state index contributed by atoms with van der Waals surface area (Å²) in [4.78, 5) is 18.1. The summed E-state index contributed by atoms with van der Waals surface area (Å²) in [7, 11) is 2.04. The van der Waals surface area contributed by atoms with Crippen molar-refractivity contribution in [1.82, 2.24) is 19.4 Å². The summed E-state index contributed by atoms with van der Waals surface area (Å²) in [6.07, 6.45) is 10.5. The van der Waals surface area contributed by atoms with Crippen molar-refractivity contribution in [2.75, 3.05) is 0 Å². The largest absolute Gasteiger partial charge is 0.348 e. The van der Waals surface area contributed by atoms with Gasteiger partial charge in [-0.25, -0.2) is 4.98 Å². The van der Waals surface area contributed by atoms with E-state index in [1.165, 1.54) is 19.3 Å². The van der Waals surface area contributed by atoms with Gasteiger partial charge < -0.3 is 14.5 Å². The number of hydrogen-bond donors (Lipinski definition) is 1. The van der Waals surface area contributed by atoms with Gasteiger partial charge in [-0.05, 0) is 43.0 Å². The van der Waals surface area contributed by atoms with Crippen LogP contribution in [0.2, 0.25) is 0 Å². The monoisotopic (exact) mass is 392 g/mol. The molecule has 1 aliphatic rings. The van der Waals surface area contributed by atoms with Gasteiger partial charge in [0.05, 0.1) is 29.0 Å². The SMILES string of the molecule is CC(C)[C@@H](NC(=O)CC1(n2cccc2)CCCCC1)c1nc2ccccc2n1C. The van der Waals surface area contributed by atoms with E-state index < -0.39 is 0 Å². The molecule has 1 atom stereocenters. The molecule has 1 amide bonds. The quantitative estimate of drug-likeness (QED) is 0.646. The van der Waals surface area contributed by atoms with Gasteiger partial charge in [0.1, 0.15) is 5.82 Å². The van der Waals surface area contributed by atoms with Crippen LogP contribution in [0.1, 0.15) is 64.2 Å². The molecule has 1 saturated carbocycles. The van der Waals surface area contributed by atoms with Crippen molar-refractivity contribution < 1.29 is 4.79 Å². The van der Waals surface area contributed by atoms with Crippen LogP contribution in [0.25, 0.3) is 11.0 Å². The van der Waals surface area contributed by atoms with E-state index in [1.807, 2.05) is 25.2 Å². The molecule has 5 heteroatoms. The molecule has 0 aliphatic heterocycles. The van der Waals surface area contributed by atoms with Gasteiger partial charge in [0.15, 0.2) is 0 Å². The second-order valence-electron chi connectivity index (χ2n) is 8.86. The molecule has 154 valence electrons. The van der Waals surface area contributed by atoms with Crippen molar-refractivity contribution in [1.29, 1.82) is 0 Å². The molecule has 29 heavy (non-hydrogen) atoms. The Morgan fingerprint density at radius 2 is 1.79 bits per heavy atom. The van der Waals surface area contributed by atoms with E-state index in [0.29, 0.717) is 6.42 Å². The summed E-state index contributed by atoms with van der Waals surface area (Å²) in [5.74, 6) is 1.29. The van der Waals surface area contributed by atoms with E-state index in [-0.39, 0.29) is 23.4 Å². The van der Waals surface area contributed by atoms with Crippen LogP contribution in [0.4, 0.5) is 0 Å². The summed E-state index contributed by atoms with van der Waals surface area (Å²) >= 11 is 0. The number of aromatic nitrogens is 3. The summed E-state index contributed by atoms with van der Waals surface area (Å²) in [6.45, 7) is 4.29. The predicted molar refractivity (Wildman–Crippen MR) is 117 cm³/mol. The zero-order chi connectivity index (χ0) is 20.4. The van der Waals surface area contributed by atoms with E-state index in [0.717, 1.165) is 29.7 Å². The maximum Gasteiger partial charge on any atom is 0.222 e. The fourth-order valence-corrected chi connectivity index (χ4v) is 4.88. The Kier molecular flexibility index (Phi) is 5.48. The van der Waals surface area contributed by atoms with Gasteiger partial charge in [-0.2, -0.15) is 0 Å². The van der Waals surface area contributed by atoms with Crippen molar-refractivity contribution >= 4 is 16.9 Å². The minimum absolute atomic E-state index is 0.0975. The summed E-state index contributed by atoms with van der Waals surface area (Å²) in [5, 5.41) is 3.33. The molecule has 4 rings (SSSR count). The van der Waals surface area contributed by atoms with Gasteiger partial charge in [0.25, 0.3) is 0 Å². The molecule has 3 aromatic rings. The lowest BCUT2D eigenvalue weighted by molar-refractivity contribution is -0.124. The van der Waals surface area contributed by atoms with Crippen LogP contribution in [-0.4, -0.2) is 20.0 Å². The molecular weight excluding hydrogens is 360 g/mol. The molecular formula is C24H32N4O. The molecule has 1 N–H and O–H groups in total. The Hall–Kier alpha value is -2.56. The minimum Gasteiger partial charge on any atom is -0.348 e. The number of hydrogen-bond acceptors (Lipinski definition) is 2. The average Bonchev–Trinajstić information content (AvgIpc) is 3.36. The van der Waals surface area contributed by atoms with Crippen LogP contribution in [0.3, 0.4) is 0 Å². The van der Waals surface area contributed by atoms with Gasteiger partial charge in [-0.1, -0.05) is 45.2 Å². The lowest BCUT2D eigenvalue weighted by Crippen LogP contribution is -2.42. The molecule has 1 aliphatic carbocycles. The molecule has 1 aromatic carbocycles. The Morgan fingerprint density at radius 3 is 2.45 bits per heavy atom. The molecule has 1 fully saturated rings. The third kappa shape index (κ3) is 3.83. The van der Waals surface area contributed by atoms with Gasteiger partial charge in [0, 0.05) is 19.4 Å². The van der Waals surface area contributed by atoms with Crippen LogP contribution in [0.5, 0.6) is 0 Å². The topological polar surface area (TPSA) is 51.9 Å². The van der Waals surface area contributed by atoms with Crippen LogP contribution in [0, 0.1) is 5.92 Å². The van der Waals surface area contributed by atoms with Crippen molar-refractivity contribution in [3.8, 4) is 0 Å². The number of para-hydroxylation sites is 2. The Morgan fingerprint density at radius 1 is 1.10 bits per heavy atom. The number of imidazole rings is 1. The summed E-state index contributed by atoms with van der Waals surface area (Å²) in [5.41, 5.74) is 1.97. The van der Waals surface area contributed by atoms with Crippen LogP contribution in [0.15, 0.2) is 48.8 Å². The first-order valence-corrected chi connectivity index (χ1v) is 10.8. The highest BCUT2D eigenvalue weighted by Crippen LogP contribution is 2.38. The molecule has 2 heterocycles. The smallest absolute Gasteiger partial charge is 0.222 e. The first-order chi connectivity index (χ1) is 14.0. The number of carbonyl (C=O) groups is 1. The predicted octanol–water partition coefficient (Wildman–Crippen LogP) is 4.94. The first kappa shape index (κ1) is 19.7. The van der Waals surface area contributed by atoms with E-state index in [9.17, 15) is 4.79 Å². The van der Waals surface area contributed by atoms with E-state index in [2.05, 4.69) is 58.9 Å². The highest BCUT2D eigenvalue weighted by molar-refractivity contribution is 5.78. The van der Waals surface area contributed by atoms with Gasteiger partial charge in [-0.3, -0.25) is 4.79 Å². The zero-order valence-electron chi connectivity index (χ0n) is 17.8. The highest BCUT2D eigenvalue weighted by atomic mass is 16.1. The lowest BCUT2D eigenvalue weighted by atomic mass is 9.78. The number of amides is 1. The Labute approximate surface area is 173 Å². The van der Waals surface area contributed by atoms with Crippen molar-refractivity contribution in [2.24, 2.45) is 13.0 Å². The third-order valence-electron chi connectivity index (χ3n) is 6.51. The maximum absolute atomic E-state index is 13.3. The normalized spacial score (nSPS) is 17.5. The van der Waals surface area contributed by atoms with Crippen LogP contribution < -0.4 is 5.32 Å². The second-order valence-corrected chi connectivity index (χ2v) is 8.86. The molecule has 0 unspecified atom stereocenters.